The number of aromatic nitrogens is 1. The van der Waals surface area contributed by atoms with Crippen LogP contribution < -0.4 is 0 Å². The minimum absolute atomic E-state index is 0.648. The summed E-state index contributed by atoms with van der Waals surface area (Å²) in [5, 5.41) is 0. The number of fused-ring (bicyclic) bond motifs is 1. The predicted octanol–water partition coefficient (Wildman–Crippen LogP) is 3.51. The maximum absolute atomic E-state index is 3.41. The van der Waals surface area contributed by atoms with E-state index in [1.807, 2.05) is 0 Å². The Labute approximate surface area is 99.0 Å². The largest absolute Gasteiger partial charge is 0.365 e. The number of hydrogen-bond acceptors (Lipinski definition) is 1. The van der Waals surface area contributed by atoms with Crippen LogP contribution in [0.5, 0.6) is 0 Å². The second-order valence-corrected chi connectivity index (χ2v) is 5.01. The van der Waals surface area contributed by atoms with Crippen molar-refractivity contribution in [2.24, 2.45) is 0 Å². The SMILES string of the molecule is CCC[C@@H]1c2cc[nH]c2C[C@@H](C)N1CCC. The van der Waals surface area contributed by atoms with Crippen LogP contribution in [0.1, 0.15) is 57.3 Å². The van der Waals surface area contributed by atoms with Gasteiger partial charge in [-0.3, -0.25) is 4.90 Å². The van der Waals surface area contributed by atoms with Crippen molar-refractivity contribution in [3.63, 3.8) is 0 Å². The molecule has 0 radical (unpaired) electrons. The van der Waals surface area contributed by atoms with E-state index < -0.39 is 0 Å². The van der Waals surface area contributed by atoms with Crippen molar-refractivity contribution in [3.05, 3.63) is 23.5 Å². The van der Waals surface area contributed by atoms with Crippen molar-refractivity contribution in [2.45, 2.75) is 58.5 Å². The molecule has 0 aromatic carbocycles. The van der Waals surface area contributed by atoms with Crippen molar-refractivity contribution < 1.29 is 0 Å². The summed E-state index contributed by atoms with van der Waals surface area (Å²) in [5.74, 6) is 0. The molecule has 2 heteroatoms. The first-order valence-corrected chi connectivity index (χ1v) is 6.69. The van der Waals surface area contributed by atoms with E-state index in [-0.39, 0.29) is 0 Å². The van der Waals surface area contributed by atoms with Crippen LogP contribution in [0.2, 0.25) is 0 Å². The Hall–Kier alpha value is -0.760. The summed E-state index contributed by atoms with van der Waals surface area (Å²) in [6.45, 7) is 8.16. The first-order valence-electron chi connectivity index (χ1n) is 6.69. The normalized spacial score (nSPS) is 25.7. The van der Waals surface area contributed by atoms with Gasteiger partial charge in [0.1, 0.15) is 0 Å². The molecule has 2 atom stereocenters. The molecule has 0 saturated carbocycles. The Morgan fingerprint density at radius 3 is 2.88 bits per heavy atom. The Bertz CT molecular complexity index is 329. The lowest BCUT2D eigenvalue weighted by Gasteiger charge is -2.40. The minimum Gasteiger partial charge on any atom is -0.365 e. The van der Waals surface area contributed by atoms with Crippen LogP contribution in [0.25, 0.3) is 0 Å². The van der Waals surface area contributed by atoms with Crippen LogP contribution in [-0.2, 0) is 6.42 Å². The van der Waals surface area contributed by atoms with Crippen LogP contribution in [0.15, 0.2) is 12.3 Å². The molecule has 1 aliphatic rings. The van der Waals surface area contributed by atoms with Gasteiger partial charge < -0.3 is 4.98 Å². The summed E-state index contributed by atoms with van der Waals surface area (Å²) in [4.78, 5) is 6.11. The second kappa shape index (κ2) is 5.05. The maximum atomic E-state index is 3.41. The molecule has 0 amide bonds. The van der Waals surface area contributed by atoms with Crippen LogP contribution in [0, 0.1) is 0 Å². The first kappa shape index (κ1) is 11.7. The highest BCUT2D eigenvalue weighted by atomic mass is 15.2. The Morgan fingerprint density at radius 2 is 2.19 bits per heavy atom. The van der Waals surface area contributed by atoms with Crippen molar-refractivity contribution in [1.82, 2.24) is 9.88 Å². The van der Waals surface area contributed by atoms with Gasteiger partial charge in [-0.05, 0) is 37.9 Å². The number of rotatable bonds is 4. The number of nitrogens with one attached hydrogen (secondary N) is 1. The fourth-order valence-electron chi connectivity index (χ4n) is 3.03. The van der Waals surface area contributed by atoms with Gasteiger partial charge in [0.05, 0.1) is 0 Å². The summed E-state index contributed by atoms with van der Waals surface area (Å²) < 4.78 is 0. The van der Waals surface area contributed by atoms with Gasteiger partial charge in [0.2, 0.25) is 0 Å². The maximum Gasteiger partial charge on any atom is 0.0368 e. The Morgan fingerprint density at radius 1 is 1.38 bits per heavy atom. The van der Waals surface area contributed by atoms with Gasteiger partial charge in [-0.15, -0.1) is 0 Å². The van der Waals surface area contributed by atoms with Crippen molar-refractivity contribution in [1.29, 1.82) is 0 Å². The molecule has 2 heterocycles. The summed E-state index contributed by atoms with van der Waals surface area (Å²) in [5.41, 5.74) is 3.02. The topological polar surface area (TPSA) is 19.0 Å². The van der Waals surface area contributed by atoms with E-state index in [0.29, 0.717) is 12.1 Å². The molecular formula is C14H24N2. The summed E-state index contributed by atoms with van der Waals surface area (Å²) in [6, 6.07) is 3.61. The molecule has 1 N–H and O–H groups in total. The molecule has 1 aromatic rings. The average Bonchev–Trinajstić information content (AvgIpc) is 2.71. The number of H-pyrrole nitrogens is 1. The smallest absolute Gasteiger partial charge is 0.0368 e. The molecule has 0 saturated heterocycles. The number of hydrogen-bond donors (Lipinski definition) is 1. The van der Waals surface area contributed by atoms with Gasteiger partial charge in [0.25, 0.3) is 0 Å². The predicted molar refractivity (Wildman–Crippen MR) is 68.6 cm³/mol. The van der Waals surface area contributed by atoms with Crippen molar-refractivity contribution >= 4 is 0 Å². The molecule has 1 aliphatic heterocycles. The quantitative estimate of drug-likeness (QED) is 0.822. The van der Waals surface area contributed by atoms with E-state index >= 15 is 0 Å². The molecule has 90 valence electrons. The molecule has 0 unspecified atom stereocenters. The molecular weight excluding hydrogens is 196 g/mol. The van der Waals surface area contributed by atoms with Crippen LogP contribution in [0.3, 0.4) is 0 Å². The monoisotopic (exact) mass is 220 g/mol. The lowest BCUT2D eigenvalue weighted by molar-refractivity contribution is 0.119. The van der Waals surface area contributed by atoms with E-state index in [1.54, 1.807) is 5.56 Å². The van der Waals surface area contributed by atoms with E-state index in [4.69, 9.17) is 0 Å². The van der Waals surface area contributed by atoms with Gasteiger partial charge in [-0.25, -0.2) is 0 Å². The lowest BCUT2D eigenvalue weighted by Crippen LogP contribution is -2.42. The second-order valence-electron chi connectivity index (χ2n) is 5.01. The molecule has 0 bridgehead atoms. The van der Waals surface area contributed by atoms with Gasteiger partial charge in [-0.1, -0.05) is 20.3 Å². The minimum atomic E-state index is 0.648. The molecule has 0 fully saturated rings. The van der Waals surface area contributed by atoms with Gasteiger partial charge in [-0.2, -0.15) is 0 Å². The third kappa shape index (κ3) is 2.03. The summed E-state index contributed by atoms with van der Waals surface area (Å²) >= 11 is 0. The fourth-order valence-corrected chi connectivity index (χ4v) is 3.03. The fraction of sp³-hybridized carbons (Fsp3) is 0.714. The summed E-state index contributed by atoms with van der Waals surface area (Å²) in [7, 11) is 0. The van der Waals surface area contributed by atoms with Crippen LogP contribution in [0.4, 0.5) is 0 Å². The first-order chi connectivity index (χ1) is 7.77. The van der Waals surface area contributed by atoms with Crippen molar-refractivity contribution in [3.8, 4) is 0 Å². The van der Waals surface area contributed by atoms with E-state index in [9.17, 15) is 0 Å². The van der Waals surface area contributed by atoms with E-state index in [0.717, 1.165) is 0 Å². The molecule has 2 nitrogen and oxygen atoms in total. The van der Waals surface area contributed by atoms with Gasteiger partial charge >= 0.3 is 0 Å². The Kier molecular flexibility index (Phi) is 3.70. The lowest BCUT2D eigenvalue weighted by atomic mass is 9.91. The van der Waals surface area contributed by atoms with E-state index in [1.165, 1.54) is 37.9 Å². The molecule has 0 spiro atoms. The zero-order valence-corrected chi connectivity index (χ0v) is 10.8. The molecule has 2 rings (SSSR count). The van der Waals surface area contributed by atoms with E-state index in [2.05, 4.69) is 42.9 Å². The highest BCUT2D eigenvalue weighted by Crippen LogP contribution is 2.35. The van der Waals surface area contributed by atoms with Crippen LogP contribution >= 0.6 is 0 Å². The van der Waals surface area contributed by atoms with Gasteiger partial charge in [0.15, 0.2) is 0 Å². The highest BCUT2D eigenvalue weighted by Gasteiger charge is 2.31. The zero-order chi connectivity index (χ0) is 11.5. The summed E-state index contributed by atoms with van der Waals surface area (Å²) in [6.07, 6.45) is 7.10. The Balaban J connectivity index is 2.26. The third-order valence-corrected chi connectivity index (χ3v) is 3.74. The van der Waals surface area contributed by atoms with Crippen LogP contribution in [-0.4, -0.2) is 22.5 Å². The third-order valence-electron chi connectivity index (χ3n) is 3.74. The average molecular weight is 220 g/mol. The standard InChI is InChI=1S/C14H24N2/c1-4-6-14-12-7-8-15-13(12)10-11(3)16(14)9-5-2/h7-8,11,14-15H,4-6,9-10H2,1-3H3/t11-,14-/m1/s1. The zero-order valence-electron chi connectivity index (χ0n) is 10.8. The molecule has 0 aliphatic carbocycles. The van der Waals surface area contributed by atoms with Gasteiger partial charge in [0, 0.05) is 30.4 Å². The number of nitrogens with zero attached hydrogens (tertiary/aromatic N) is 1. The molecule has 16 heavy (non-hydrogen) atoms. The number of aromatic amines is 1. The van der Waals surface area contributed by atoms with Crippen molar-refractivity contribution in [2.75, 3.05) is 6.54 Å². The molecule has 1 aromatic heterocycles. The highest BCUT2D eigenvalue weighted by molar-refractivity contribution is 5.28.